The van der Waals surface area contributed by atoms with Gasteiger partial charge in [0.15, 0.2) is 5.37 Å². The van der Waals surface area contributed by atoms with E-state index in [1.165, 1.54) is 0 Å². The van der Waals surface area contributed by atoms with Gasteiger partial charge >= 0.3 is 0 Å². The summed E-state index contributed by atoms with van der Waals surface area (Å²) in [6.07, 6.45) is -2.07. The molecule has 6 nitrogen and oxygen atoms in total. The van der Waals surface area contributed by atoms with Crippen LogP contribution in [0.3, 0.4) is 0 Å². The number of aliphatic hydroxyl groups is 2. The first-order valence-corrected chi connectivity index (χ1v) is 4.97. The van der Waals surface area contributed by atoms with Crippen LogP contribution < -0.4 is 5.32 Å². The molecular formula is C5H11NO5S. The average Bonchev–Trinajstić information content (AvgIpc) is 1.83. The zero-order valence-corrected chi connectivity index (χ0v) is 7.03. The summed E-state index contributed by atoms with van der Waals surface area (Å²) < 4.78 is 29.7. The van der Waals surface area contributed by atoms with Crippen molar-refractivity contribution in [2.45, 2.75) is 24.0 Å². The fourth-order valence-corrected chi connectivity index (χ4v) is 1.99. The second-order valence-corrected chi connectivity index (χ2v) is 4.34. The normalized spacial score (nSPS) is 38.1. The van der Waals surface area contributed by atoms with Crippen molar-refractivity contribution in [1.29, 1.82) is 0 Å². The van der Waals surface area contributed by atoms with E-state index in [4.69, 9.17) is 14.8 Å². The summed E-state index contributed by atoms with van der Waals surface area (Å²) in [6.45, 7) is 0.0571. The van der Waals surface area contributed by atoms with Crippen LogP contribution in [0, 0.1) is 0 Å². The smallest absolute Gasteiger partial charge is 0.283 e. The Morgan fingerprint density at radius 2 is 1.92 bits per heavy atom. The molecule has 0 aromatic carbocycles. The van der Waals surface area contributed by atoms with Crippen LogP contribution >= 0.6 is 0 Å². The van der Waals surface area contributed by atoms with Crippen molar-refractivity contribution in [1.82, 2.24) is 5.32 Å². The highest BCUT2D eigenvalue weighted by molar-refractivity contribution is 7.86. The fraction of sp³-hybridized carbons (Fsp3) is 1.00. The first-order valence-electron chi connectivity index (χ1n) is 3.47. The van der Waals surface area contributed by atoms with Crippen LogP contribution in [0.4, 0.5) is 0 Å². The molecule has 12 heavy (non-hydrogen) atoms. The third-order valence-electron chi connectivity index (χ3n) is 1.74. The summed E-state index contributed by atoms with van der Waals surface area (Å²) in [5.74, 6) is 0. The molecule has 0 amide bonds. The molecule has 72 valence electrons. The molecule has 7 heteroatoms. The lowest BCUT2D eigenvalue weighted by Gasteiger charge is -2.29. The van der Waals surface area contributed by atoms with Gasteiger partial charge in [-0.1, -0.05) is 0 Å². The van der Waals surface area contributed by atoms with Crippen LogP contribution in [0.5, 0.6) is 0 Å². The summed E-state index contributed by atoms with van der Waals surface area (Å²) in [6, 6.07) is 0. The number of hydrogen-bond acceptors (Lipinski definition) is 5. The van der Waals surface area contributed by atoms with Gasteiger partial charge in [-0.2, -0.15) is 8.42 Å². The van der Waals surface area contributed by atoms with E-state index >= 15 is 0 Å². The van der Waals surface area contributed by atoms with Crippen LogP contribution in [0.25, 0.3) is 0 Å². The minimum absolute atomic E-state index is 0.0442. The predicted octanol–water partition coefficient (Wildman–Crippen LogP) is -2.08. The van der Waals surface area contributed by atoms with Crippen molar-refractivity contribution in [2.75, 3.05) is 6.54 Å². The van der Waals surface area contributed by atoms with E-state index in [0.29, 0.717) is 0 Å². The van der Waals surface area contributed by atoms with E-state index < -0.39 is 27.7 Å². The van der Waals surface area contributed by atoms with Crippen molar-refractivity contribution < 1.29 is 23.2 Å². The van der Waals surface area contributed by atoms with Crippen molar-refractivity contribution >= 4 is 10.1 Å². The van der Waals surface area contributed by atoms with Gasteiger partial charge in [0.1, 0.15) is 0 Å². The van der Waals surface area contributed by atoms with E-state index in [1.807, 2.05) is 0 Å². The van der Waals surface area contributed by atoms with E-state index in [9.17, 15) is 8.42 Å². The Labute approximate surface area is 70.0 Å². The number of hydrogen-bond donors (Lipinski definition) is 4. The molecule has 0 spiro atoms. The number of nitrogens with one attached hydrogen (secondary N) is 1. The summed E-state index contributed by atoms with van der Waals surface area (Å²) in [5, 5.41) is 19.0. The zero-order chi connectivity index (χ0) is 9.35. The molecule has 0 aliphatic carbocycles. The Hall–Kier alpha value is -0.210. The molecule has 0 saturated carbocycles. The largest absolute Gasteiger partial charge is 0.392 e. The highest BCUT2D eigenvalue weighted by Gasteiger charge is 2.35. The van der Waals surface area contributed by atoms with Gasteiger partial charge in [-0.3, -0.25) is 9.87 Å². The van der Waals surface area contributed by atoms with Gasteiger partial charge in [-0.15, -0.1) is 0 Å². The molecule has 1 aliphatic rings. The maximum atomic E-state index is 10.6. The highest BCUT2D eigenvalue weighted by atomic mass is 32.2. The molecule has 0 aromatic heterocycles. The third kappa shape index (κ3) is 2.14. The van der Waals surface area contributed by atoms with Crippen molar-refractivity contribution in [3.8, 4) is 0 Å². The van der Waals surface area contributed by atoms with Gasteiger partial charge in [0.2, 0.25) is 0 Å². The maximum absolute atomic E-state index is 10.6. The number of β-amino-alcohol motifs (C(OH)–C–C–N with tert-alkyl or cyclic N) is 1. The lowest BCUT2D eigenvalue weighted by Crippen LogP contribution is -2.54. The predicted molar refractivity (Wildman–Crippen MR) is 40.0 cm³/mol. The summed E-state index contributed by atoms with van der Waals surface area (Å²) in [4.78, 5) is 0. The lowest BCUT2D eigenvalue weighted by molar-refractivity contribution is 0.0407. The monoisotopic (exact) mass is 197 g/mol. The zero-order valence-electron chi connectivity index (χ0n) is 6.21. The van der Waals surface area contributed by atoms with Gasteiger partial charge in [-0.05, 0) is 0 Å². The molecule has 3 atom stereocenters. The Kier molecular flexibility index (Phi) is 2.69. The molecule has 1 fully saturated rings. The molecule has 1 rings (SSSR count). The van der Waals surface area contributed by atoms with Crippen LogP contribution in [-0.4, -0.2) is 47.3 Å². The average molecular weight is 197 g/mol. The Morgan fingerprint density at radius 3 is 2.33 bits per heavy atom. The molecule has 0 bridgehead atoms. The molecule has 1 aliphatic heterocycles. The second kappa shape index (κ2) is 3.27. The highest BCUT2D eigenvalue weighted by Crippen LogP contribution is 2.12. The van der Waals surface area contributed by atoms with E-state index in [0.717, 1.165) is 0 Å². The summed E-state index contributed by atoms with van der Waals surface area (Å²) in [7, 11) is -4.27. The van der Waals surface area contributed by atoms with Crippen molar-refractivity contribution in [3.05, 3.63) is 0 Å². The molecule has 3 unspecified atom stereocenters. The van der Waals surface area contributed by atoms with Crippen LogP contribution in [0.15, 0.2) is 0 Å². The van der Waals surface area contributed by atoms with Gasteiger partial charge in [0.25, 0.3) is 10.1 Å². The molecule has 1 heterocycles. The van der Waals surface area contributed by atoms with Gasteiger partial charge in [-0.25, -0.2) is 0 Å². The second-order valence-electron chi connectivity index (χ2n) is 2.80. The molecule has 1 saturated heterocycles. The first-order chi connectivity index (χ1) is 5.41. The van der Waals surface area contributed by atoms with Crippen LogP contribution in [-0.2, 0) is 10.1 Å². The summed E-state index contributed by atoms with van der Waals surface area (Å²) in [5.41, 5.74) is 0. The first kappa shape index (κ1) is 9.87. The minimum atomic E-state index is -4.27. The Bertz CT molecular complexity index is 251. The summed E-state index contributed by atoms with van der Waals surface area (Å²) >= 11 is 0. The minimum Gasteiger partial charge on any atom is -0.392 e. The quantitative estimate of drug-likeness (QED) is 0.359. The lowest BCUT2D eigenvalue weighted by atomic mass is 10.1. The van der Waals surface area contributed by atoms with E-state index in [2.05, 4.69) is 5.32 Å². The van der Waals surface area contributed by atoms with E-state index in [-0.39, 0.29) is 13.0 Å². The fourth-order valence-electron chi connectivity index (χ4n) is 1.18. The maximum Gasteiger partial charge on any atom is 0.283 e. The number of piperidine rings is 1. The molecule has 0 aromatic rings. The van der Waals surface area contributed by atoms with E-state index in [1.54, 1.807) is 0 Å². The van der Waals surface area contributed by atoms with Crippen molar-refractivity contribution in [3.63, 3.8) is 0 Å². The SMILES string of the molecule is O=S(=O)(O)C1NCC(O)CC1O. The Balaban J connectivity index is 2.69. The van der Waals surface area contributed by atoms with Crippen LogP contribution in [0.1, 0.15) is 6.42 Å². The van der Waals surface area contributed by atoms with Crippen molar-refractivity contribution in [2.24, 2.45) is 0 Å². The van der Waals surface area contributed by atoms with Crippen LogP contribution in [0.2, 0.25) is 0 Å². The van der Waals surface area contributed by atoms with Gasteiger partial charge in [0, 0.05) is 13.0 Å². The standard InChI is InChI=1S/C5H11NO5S/c7-3-1-4(8)5(6-2-3)12(9,10)11/h3-8H,1-2H2,(H,9,10,11). The third-order valence-corrected chi connectivity index (χ3v) is 2.86. The molecular weight excluding hydrogens is 186 g/mol. The van der Waals surface area contributed by atoms with Gasteiger partial charge in [0.05, 0.1) is 12.2 Å². The number of aliphatic hydroxyl groups excluding tert-OH is 2. The van der Waals surface area contributed by atoms with Gasteiger partial charge < -0.3 is 10.2 Å². The number of rotatable bonds is 1. The Morgan fingerprint density at radius 1 is 1.33 bits per heavy atom. The topological polar surface area (TPSA) is 107 Å². The molecule has 4 N–H and O–H groups in total. The molecule has 0 radical (unpaired) electrons.